The van der Waals surface area contributed by atoms with Gasteiger partial charge in [0.05, 0.1) is 6.61 Å². The summed E-state index contributed by atoms with van der Waals surface area (Å²) in [6.45, 7) is 10.1. The van der Waals surface area contributed by atoms with Crippen LogP contribution in [0.2, 0.25) is 0 Å². The summed E-state index contributed by atoms with van der Waals surface area (Å²) in [5, 5.41) is 3.43. The van der Waals surface area contributed by atoms with Crippen LogP contribution in [0.3, 0.4) is 0 Å². The Bertz CT molecular complexity index is 289. The molecule has 1 atom stereocenters. The highest BCUT2D eigenvalue weighted by atomic mass is 16.5. The summed E-state index contributed by atoms with van der Waals surface area (Å²) in [5.74, 6) is 2.75. The second-order valence-electron chi connectivity index (χ2n) is 5.73. The number of ether oxygens (including phenoxy) is 1. The van der Waals surface area contributed by atoms with Crippen LogP contribution >= 0.6 is 0 Å². The van der Waals surface area contributed by atoms with E-state index in [2.05, 4.69) is 24.1 Å². The molecule has 1 aliphatic carbocycles. The summed E-state index contributed by atoms with van der Waals surface area (Å²) in [5.41, 5.74) is 0. The van der Waals surface area contributed by atoms with Gasteiger partial charge in [0.15, 0.2) is 5.96 Å². The first-order valence-corrected chi connectivity index (χ1v) is 7.94. The molecule has 0 aromatic carbocycles. The average Bonchev–Trinajstić information content (AvgIpc) is 3.12. The zero-order valence-corrected chi connectivity index (χ0v) is 12.5. The standard InChI is InChI=1S/C15H29N3O/c1-3-16-15(17-9-7-13-5-6-13)18-10-8-14(11-18)12-19-4-2/h13-14H,3-12H2,1-2H3,(H,16,17). The second-order valence-corrected chi connectivity index (χ2v) is 5.73. The molecule has 1 N–H and O–H groups in total. The van der Waals surface area contributed by atoms with E-state index in [1.54, 1.807) is 0 Å². The number of aliphatic imine (C=N–C) groups is 1. The van der Waals surface area contributed by atoms with E-state index < -0.39 is 0 Å². The Morgan fingerprint density at radius 1 is 1.26 bits per heavy atom. The van der Waals surface area contributed by atoms with Crippen LogP contribution in [0.5, 0.6) is 0 Å². The highest BCUT2D eigenvalue weighted by Crippen LogP contribution is 2.32. The molecule has 2 fully saturated rings. The van der Waals surface area contributed by atoms with Gasteiger partial charge < -0.3 is 15.0 Å². The number of rotatable bonds is 7. The highest BCUT2D eigenvalue weighted by Gasteiger charge is 2.25. The number of hydrogen-bond donors (Lipinski definition) is 1. The topological polar surface area (TPSA) is 36.9 Å². The molecule has 0 radical (unpaired) electrons. The molecule has 1 aliphatic heterocycles. The molecule has 0 aromatic rings. The summed E-state index contributed by atoms with van der Waals surface area (Å²) in [6.07, 6.45) is 5.34. The quantitative estimate of drug-likeness (QED) is 0.567. The molecule has 2 rings (SSSR count). The van der Waals surface area contributed by atoms with Gasteiger partial charge in [-0.2, -0.15) is 0 Å². The monoisotopic (exact) mass is 267 g/mol. The molecule has 0 spiro atoms. The van der Waals surface area contributed by atoms with Gasteiger partial charge >= 0.3 is 0 Å². The molecule has 0 aromatic heterocycles. The Morgan fingerprint density at radius 3 is 2.79 bits per heavy atom. The van der Waals surface area contributed by atoms with Crippen molar-refractivity contribution in [3.8, 4) is 0 Å². The summed E-state index contributed by atoms with van der Waals surface area (Å²) >= 11 is 0. The van der Waals surface area contributed by atoms with Crippen molar-refractivity contribution in [1.82, 2.24) is 10.2 Å². The van der Waals surface area contributed by atoms with E-state index in [1.165, 1.54) is 25.7 Å². The molecule has 110 valence electrons. The summed E-state index contributed by atoms with van der Waals surface area (Å²) in [6, 6.07) is 0. The van der Waals surface area contributed by atoms with Crippen LogP contribution in [0.4, 0.5) is 0 Å². The van der Waals surface area contributed by atoms with Gasteiger partial charge in [-0.25, -0.2) is 0 Å². The molecular weight excluding hydrogens is 238 g/mol. The van der Waals surface area contributed by atoms with Gasteiger partial charge in [-0.15, -0.1) is 0 Å². The Labute approximate surface area is 117 Å². The van der Waals surface area contributed by atoms with E-state index in [9.17, 15) is 0 Å². The minimum Gasteiger partial charge on any atom is -0.381 e. The summed E-state index contributed by atoms with van der Waals surface area (Å²) in [4.78, 5) is 7.18. The molecule has 1 heterocycles. The number of nitrogens with one attached hydrogen (secondary N) is 1. The van der Waals surface area contributed by atoms with Crippen LogP contribution in [0.25, 0.3) is 0 Å². The number of nitrogens with zero attached hydrogens (tertiary/aromatic N) is 2. The van der Waals surface area contributed by atoms with Gasteiger partial charge in [0.2, 0.25) is 0 Å². The van der Waals surface area contributed by atoms with Crippen molar-refractivity contribution in [1.29, 1.82) is 0 Å². The predicted octanol–water partition coefficient (Wildman–Crippen LogP) is 2.11. The lowest BCUT2D eigenvalue weighted by Crippen LogP contribution is -2.40. The first-order valence-electron chi connectivity index (χ1n) is 7.94. The smallest absolute Gasteiger partial charge is 0.193 e. The molecule has 0 amide bonds. The maximum absolute atomic E-state index is 5.54. The number of hydrogen-bond acceptors (Lipinski definition) is 2. The van der Waals surface area contributed by atoms with Gasteiger partial charge in [0, 0.05) is 38.7 Å². The Morgan fingerprint density at radius 2 is 2.11 bits per heavy atom. The fraction of sp³-hybridized carbons (Fsp3) is 0.933. The molecule has 4 heteroatoms. The van der Waals surface area contributed by atoms with Crippen molar-refractivity contribution in [2.24, 2.45) is 16.8 Å². The van der Waals surface area contributed by atoms with Crippen LogP contribution in [0.15, 0.2) is 4.99 Å². The van der Waals surface area contributed by atoms with Crippen LogP contribution in [-0.4, -0.2) is 50.3 Å². The summed E-state index contributed by atoms with van der Waals surface area (Å²) in [7, 11) is 0. The van der Waals surface area contributed by atoms with E-state index in [1.807, 2.05) is 0 Å². The van der Waals surface area contributed by atoms with Crippen molar-refractivity contribution in [2.45, 2.75) is 39.5 Å². The molecule has 2 aliphatic rings. The minimum absolute atomic E-state index is 0.673. The summed E-state index contributed by atoms with van der Waals surface area (Å²) < 4.78 is 5.54. The van der Waals surface area contributed by atoms with Crippen molar-refractivity contribution in [3.63, 3.8) is 0 Å². The lowest BCUT2D eigenvalue weighted by atomic mass is 10.1. The van der Waals surface area contributed by atoms with Gasteiger partial charge in [-0.05, 0) is 32.6 Å². The van der Waals surface area contributed by atoms with Crippen molar-refractivity contribution >= 4 is 5.96 Å². The van der Waals surface area contributed by atoms with Crippen molar-refractivity contribution in [2.75, 3.05) is 39.4 Å². The second kappa shape index (κ2) is 7.73. The Balaban J connectivity index is 1.77. The molecule has 19 heavy (non-hydrogen) atoms. The Hall–Kier alpha value is -0.770. The van der Waals surface area contributed by atoms with Gasteiger partial charge in [0.25, 0.3) is 0 Å². The molecule has 1 unspecified atom stereocenters. The van der Waals surface area contributed by atoms with E-state index in [0.29, 0.717) is 5.92 Å². The maximum atomic E-state index is 5.54. The molecule has 1 saturated carbocycles. The van der Waals surface area contributed by atoms with Gasteiger partial charge in [0.1, 0.15) is 0 Å². The van der Waals surface area contributed by atoms with E-state index >= 15 is 0 Å². The van der Waals surface area contributed by atoms with Crippen LogP contribution in [0.1, 0.15) is 39.5 Å². The van der Waals surface area contributed by atoms with Crippen molar-refractivity contribution in [3.05, 3.63) is 0 Å². The lowest BCUT2D eigenvalue weighted by Gasteiger charge is -2.21. The molecule has 4 nitrogen and oxygen atoms in total. The molecule has 0 bridgehead atoms. The highest BCUT2D eigenvalue weighted by molar-refractivity contribution is 5.80. The van der Waals surface area contributed by atoms with Gasteiger partial charge in [-0.1, -0.05) is 12.8 Å². The van der Waals surface area contributed by atoms with E-state index in [4.69, 9.17) is 9.73 Å². The van der Waals surface area contributed by atoms with Crippen LogP contribution < -0.4 is 5.32 Å². The normalized spacial score (nSPS) is 24.0. The Kier molecular flexibility index (Phi) is 5.95. The van der Waals surface area contributed by atoms with E-state index in [0.717, 1.165) is 51.3 Å². The zero-order chi connectivity index (χ0) is 13.5. The van der Waals surface area contributed by atoms with Crippen LogP contribution in [-0.2, 0) is 4.74 Å². The largest absolute Gasteiger partial charge is 0.381 e. The predicted molar refractivity (Wildman–Crippen MR) is 79.5 cm³/mol. The third kappa shape index (κ3) is 5.01. The number of likely N-dealkylation sites (tertiary alicyclic amines) is 1. The SMILES string of the molecule is CCNC(=NCCC1CC1)N1CCC(COCC)C1. The third-order valence-corrected chi connectivity index (χ3v) is 3.97. The first kappa shape index (κ1) is 14.6. The fourth-order valence-electron chi connectivity index (χ4n) is 2.63. The van der Waals surface area contributed by atoms with Crippen LogP contribution in [0, 0.1) is 11.8 Å². The van der Waals surface area contributed by atoms with Gasteiger partial charge in [-0.3, -0.25) is 4.99 Å². The molecular formula is C15H29N3O. The minimum atomic E-state index is 0.673. The zero-order valence-electron chi connectivity index (χ0n) is 12.5. The maximum Gasteiger partial charge on any atom is 0.193 e. The average molecular weight is 267 g/mol. The number of guanidine groups is 1. The fourth-order valence-corrected chi connectivity index (χ4v) is 2.63. The van der Waals surface area contributed by atoms with Crippen molar-refractivity contribution < 1.29 is 4.74 Å². The third-order valence-electron chi connectivity index (χ3n) is 3.97. The molecule has 1 saturated heterocycles. The first-order chi connectivity index (χ1) is 9.33. The lowest BCUT2D eigenvalue weighted by molar-refractivity contribution is 0.114. The van der Waals surface area contributed by atoms with E-state index in [-0.39, 0.29) is 0 Å².